The molecule has 0 aliphatic carbocycles. The Kier molecular flexibility index (Phi) is 7.86. The number of hydrogen-bond donors (Lipinski definition) is 0. The van der Waals surface area contributed by atoms with Crippen molar-refractivity contribution < 1.29 is 9.47 Å². The molecule has 0 unspecified atom stereocenters. The Morgan fingerprint density at radius 2 is 1.69 bits per heavy atom. The van der Waals surface area contributed by atoms with Crippen LogP contribution in [0.25, 0.3) is 0 Å². The standard InChI is InChI=1S/C28H36N4O2S/c1-22-27(21-30-13-15-34-16-14-30)35-28(29-22)32(20-24-8-6-10-26(18-24)33-2)19-23-7-5-9-25(17-23)31-11-3-4-12-31/h5-10,17-18H,3-4,11-16,19-21H2,1-2H3. The van der Waals surface area contributed by atoms with E-state index in [9.17, 15) is 0 Å². The molecule has 2 aliphatic rings. The fourth-order valence-electron chi connectivity index (χ4n) is 4.89. The Morgan fingerprint density at radius 1 is 0.971 bits per heavy atom. The Morgan fingerprint density at radius 3 is 2.43 bits per heavy atom. The molecule has 0 atom stereocenters. The van der Waals surface area contributed by atoms with Crippen LogP contribution >= 0.6 is 11.3 Å². The fourth-order valence-corrected chi connectivity index (χ4v) is 5.99. The van der Waals surface area contributed by atoms with Gasteiger partial charge in [0, 0.05) is 56.4 Å². The first-order valence-electron chi connectivity index (χ1n) is 12.7. The molecule has 5 rings (SSSR count). The number of nitrogens with zero attached hydrogens (tertiary/aromatic N) is 4. The highest BCUT2D eigenvalue weighted by molar-refractivity contribution is 7.15. The highest BCUT2D eigenvalue weighted by Gasteiger charge is 2.20. The summed E-state index contributed by atoms with van der Waals surface area (Å²) >= 11 is 1.83. The van der Waals surface area contributed by atoms with E-state index in [0.717, 1.165) is 75.6 Å². The molecule has 186 valence electrons. The van der Waals surface area contributed by atoms with Gasteiger partial charge in [-0.15, -0.1) is 11.3 Å². The van der Waals surface area contributed by atoms with Crippen LogP contribution in [0.2, 0.25) is 0 Å². The maximum Gasteiger partial charge on any atom is 0.186 e. The number of rotatable bonds is 9. The van der Waals surface area contributed by atoms with Gasteiger partial charge in [0.25, 0.3) is 0 Å². The SMILES string of the molecule is COc1cccc(CN(Cc2cccc(N3CCCC3)c2)c2nc(C)c(CN3CCOCC3)s2)c1. The predicted octanol–water partition coefficient (Wildman–Crippen LogP) is 5.10. The molecule has 2 saturated heterocycles. The van der Waals surface area contributed by atoms with Gasteiger partial charge in [-0.2, -0.15) is 0 Å². The zero-order chi connectivity index (χ0) is 24.0. The third kappa shape index (κ3) is 6.15. The van der Waals surface area contributed by atoms with Crippen LogP contribution in [0, 0.1) is 6.92 Å². The largest absolute Gasteiger partial charge is 0.497 e. The molecule has 0 saturated carbocycles. The van der Waals surface area contributed by atoms with Gasteiger partial charge in [0.2, 0.25) is 0 Å². The monoisotopic (exact) mass is 492 g/mol. The number of ether oxygens (including phenoxy) is 2. The molecule has 3 heterocycles. The predicted molar refractivity (Wildman–Crippen MR) is 144 cm³/mol. The smallest absolute Gasteiger partial charge is 0.186 e. The van der Waals surface area contributed by atoms with Crippen LogP contribution in [0.3, 0.4) is 0 Å². The first-order valence-corrected chi connectivity index (χ1v) is 13.5. The van der Waals surface area contributed by atoms with Crippen LogP contribution in [0.15, 0.2) is 48.5 Å². The summed E-state index contributed by atoms with van der Waals surface area (Å²) in [6.07, 6.45) is 2.58. The van der Waals surface area contributed by atoms with Crippen molar-refractivity contribution in [2.24, 2.45) is 0 Å². The Labute approximate surface area is 213 Å². The molecule has 3 aromatic rings. The number of thiazole rings is 1. The highest BCUT2D eigenvalue weighted by atomic mass is 32.1. The molecular weight excluding hydrogens is 456 g/mol. The number of aromatic nitrogens is 1. The van der Waals surface area contributed by atoms with Gasteiger partial charge in [0.05, 0.1) is 26.0 Å². The topological polar surface area (TPSA) is 41.1 Å². The lowest BCUT2D eigenvalue weighted by atomic mass is 10.1. The lowest BCUT2D eigenvalue weighted by molar-refractivity contribution is 0.0345. The Bertz CT molecular complexity index is 1110. The average molecular weight is 493 g/mol. The van der Waals surface area contributed by atoms with Crippen LogP contribution < -0.4 is 14.5 Å². The van der Waals surface area contributed by atoms with E-state index in [1.165, 1.54) is 34.5 Å². The van der Waals surface area contributed by atoms with Crippen LogP contribution in [0.1, 0.15) is 34.5 Å². The zero-order valence-electron chi connectivity index (χ0n) is 20.9. The normalized spacial score (nSPS) is 16.6. The van der Waals surface area contributed by atoms with Gasteiger partial charge >= 0.3 is 0 Å². The van der Waals surface area contributed by atoms with Crippen LogP contribution in [0.4, 0.5) is 10.8 Å². The Balaban J connectivity index is 1.40. The van der Waals surface area contributed by atoms with E-state index in [-0.39, 0.29) is 0 Å². The first-order chi connectivity index (χ1) is 17.2. The van der Waals surface area contributed by atoms with Crippen LogP contribution in [-0.2, 0) is 24.4 Å². The van der Waals surface area contributed by atoms with Gasteiger partial charge in [0.15, 0.2) is 5.13 Å². The first kappa shape index (κ1) is 24.1. The van der Waals surface area contributed by atoms with Crippen molar-refractivity contribution in [3.8, 4) is 5.75 Å². The third-order valence-corrected chi connectivity index (χ3v) is 8.09. The van der Waals surface area contributed by atoms with Crippen molar-refractivity contribution in [2.75, 3.05) is 56.3 Å². The van der Waals surface area contributed by atoms with E-state index in [0.29, 0.717) is 0 Å². The molecule has 2 fully saturated rings. The fraction of sp³-hybridized carbons (Fsp3) is 0.464. The number of morpholine rings is 1. The minimum atomic E-state index is 0.787. The molecule has 35 heavy (non-hydrogen) atoms. The molecule has 7 heteroatoms. The van der Waals surface area contributed by atoms with Crippen LogP contribution in [-0.4, -0.2) is 56.4 Å². The van der Waals surface area contributed by atoms with Gasteiger partial charge in [-0.05, 0) is 55.2 Å². The molecule has 0 amide bonds. The summed E-state index contributed by atoms with van der Waals surface area (Å²) in [5.41, 5.74) is 5.02. The third-order valence-electron chi connectivity index (χ3n) is 6.89. The van der Waals surface area contributed by atoms with E-state index in [1.807, 2.05) is 17.4 Å². The van der Waals surface area contributed by atoms with Gasteiger partial charge in [0.1, 0.15) is 5.75 Å². The minimum Gasteiger partial charge on any atom is -0.497 e. The maximum atomic E-state index is 5.53. The lowest BCUT2D eigenvalue weighted by Gasteiger charge is -2.26. The number of anilines is 2. The summed E-state index contributed by atoms with van der Waals surface area (Å²) in [7, 11) is 1.73. The van der Waals surface area contributed by atoms with Crippen molar-refractivity contribution in [1.82, 2.24) is 9.88 Å². The average Bonchev–Trinajstić information content (AvgIpc) is 3.55. The summed E-state index contributed by atoms with van der Waals surface area (Å²) in [5, 5.41) is 1.08. The second kappa shape index (κ2) is 11.4. The summed E-state index contributed by atoms with van der Waals surface area (Å²) in [6.45, 7) is 10.6. The van der Waals surface area contributed by atoms with E-state index >= 15 is 0 Å². The van der Waals surface area contributed by atoms with E-state index in [4.69, 9.17) is 14.5 Å². The summed E-state index contributed by atoms with van der Waals surface area (Å²) in [4.78, 5) is 13.8. The second-order valence-electron chi connectivity index (χ2n) is 9.47. The van der Waals surface area contributed by atoms with Gasteiger partial charge in [-0.3, -0.25) is 4.90 Å². The molecule has 2 aromatic carbocycles. The van der Waals surface area contributed by atoms with Gasteiger partial charge in [-0.1, -0.05) is 24.3 Å². The second-order valence-corrected chi connectivity index (χ2v) is 10.5. The number of hydrogen-bond acceptors (Lipinski definition) is 7. The highest BCUT2D eigenvalue weighted by Crippen LogP contribution is 2.31. The van der Waals surface area contributed by atoms with Crippen molar-refractivity contribution in [3.05, 3.63) is 70.2 Å². The number of methoxy groups -OCH3 is 1. The maximum absolute atomic E-state index is 5.53. The van der Waals surface area contributed by atoms with E-state index in [1.54, 1.807) is 7.11 Å². The molecule has 0 bridgehead atoms. The van der Waals surface area contributed by atoms with Crippen molar-refractivity contribution in [2.45, 2.75) is 39.4 Å². The Hall–Kier alpha value is -2.61. The van der Waals surface area contributed by atoms with Crippen molar-refractivity contribution >= 4 is 22.2 Å². The van der Waals surface area contributed by atoms with Crippen molar-refractivity contribution in [1.29, 1.82) is 0 Å². The summed E-state index contributed by atoms with van der Waals surface area (Å²) in [5.74, 6) is 0.891. The summed E-state index contributed by atoms with van der Waals surface area (Å²) in [6, 6.07) is 17.4. The molecule has 0 radical (unpaired) electrons. The molecule has 0 N–H and O–H groups in total. The van der Waals surface area contributed by atoms with Gasteiger partial charge < -0.3 is 19.3 Å². The molecule has 1 aromatic heterocycles. The van der Waals surface area contributed by atoms with E-state index in [2.05, 4.69) is 64.1 Å². The van der Waals surface area contributed by atoms with Crippen molar-refractivity contribution in [3.63, 3.8) is 0 Å². The molecule has 2 aliphatic heterocycles. The lowest BCUT2D eigenvalue weighted by Crippen LogP contribution is -2.35. The number of benzene rings is 2. The summed E-state index contributed by atoms with van der Waals surface area (Å²) < 4.78 is 11.0. The zero-order valence-corrected chi connectivity index (χ0v) is 21.7. The molecule has 6 nitrogen and oxygen atoms in total. The quantitative estimate of drug-likeness (QED) is 0.414. The molecule has 0 spiro atoms. The number of aryl methyl sites for hydroxylation is 1. The molecular formula is C28H36N4O2S. The van der Waals surface area contributed by atoms with Crippen LogP contribution in [0.5, 0.6) is 5.75 Å². The minimum absolute atomic E-state index is 0.787. The van der Waals surface area contributed by atoms with Gasteiger partial charge in [-0.25, -0.2) is 4.98 Å². The van der Waals surface area contributed by atoms with E-state index < -0.39 is 0 Å².